The van der Waals surface area contributed by atoms with Gasteiger partial charge in [-0.25, -0.2) is 0 Å². The van der Waals surface area contributed by atoms with Crippen LogP contribution in [0.2, 0.25) is 10.0 Å². The zero-order chi connectivity index (χ0) is 29.8. The summed E-state index contributed by atoms with van der Waals surface area (Å²) in [7, 11) is 0. The Balaban J connectivity index is 1.32. The molecule has 5 rings (SSSR count). The summed E-state index contributed by atoms with van der Waals surface area (Å²) in [6.45, 7) is 3.83. The fraction of sp³-hybridized carbons (Fsp3) is 0.156. The Morgan fingerprint density at radius 1 is 0.976 bits per heavy atom. The number of thioether (sulfide) groups is 1. The van der Waals surface area contributed by atoms with Crippen molar-refractivity contribution >= 4 is 74.6 Å². The van der Waals surface area contributed by atoms with Crippen LogP contribution in [0, 0.1) is 6.92 Å². The summed E-state index contributed by atoms with van der Waals surface area (Å²) in [6.07, 6.45) is 1.60. The minimum atomic E-state index is -0.405. The van der Waals surface area contributed by atoms with Crippen LogP contribution in [0.15, 0.2) is 77.7 Å². The zero-order valence-electron chi connectivity index (χ0n) is 22.8. The van der Waals surface area contributed by atoms with Gasteiger partial charge in [-0.3, -0.25) is 19.3 Å². The first-order chi connectivity index (χ1) is 20.2. The maximum Gasteiger partial charge on any atom is 0.293 e. The summed E-state index contributed by atoms with van der Waals surface area (Å²) in [5.41, 5.74) is 2.87. The standard InChI is InChI=1S/C32H26Cl2N2O5S/c1-3-40-27-14-20(13-26(34)30(27)41-18-29(37)35-23-12-11-19(2)25(33)16-23)15-28-31(38)36(32(39)42-28)17-22-9-6-8-21-7-4-5-10-24(21)22/h4-16H,3,17-18H2,1-2H3,(H,35,37)/b28-15-. The second kappa shape index (κ2) is 12.9. The van der Waals surface area contributed by atoms with E-state index in [9.17, 15) is 14.4 Å². The quantitative estimate of drug-likeness (QED) is 0.190. The minimum Gasteiger partial charge on any atom is -0.490 e. The number of rotatable bonds is 9. The van der Waals surface area contributed by atoms with Gasteiger partial charge in [-0.1, -0.05) is 71.7 Å². The molecule has 10 heteroatoms. The molecule has 0 atom stereocenters. The molecule has 0 radical (unpaired) electrons. The van der Waals surface area contributed by atoms with Gasteiger partial charge in [0.25, 0.3) is 17.1 Å². The van der Waals surface area contributed by atoms with Crippen molar-refractivity contribution in [1.29, 1.82) is 0 Å². The van der Waals surface area contributed by atoms with E-state index in [-0.39, 0.29) is 40.0 Å². The lowest BCUT2D eigenvalue weighted by atomic mass is 10.0. The van der Waals surface area contributed by atoms with Crippen molar-refractivity contribution in [2.45, 2.75) is 20.4 Å². The van der Waals surface area contributed by atoms with Crippen LogP contribution in [0.25, 0.3) is 16.8 Å². The molecule has 4 aromatic rings. The summed E-state index contributed by atoms with van der Waals surface area (Å²) in [6, 6.07) is 22.1. The van der Waals surface area contributed by atoms with Crippen molar-refractivity contribution in [2.24, 2.45) is 0 Å². The number of fused-ring (bicyclic) bond motifs is 1. The largest absolute Gasteiger partial charge is 0.490 e. The molecule has 3 amide bonds. The van der Waals surface area contributed by atoms with Crippen LogP contribution in [0.3, 0.4) is 0 Å². The van der Waals surface area contributed by atoms with Gasteiger partial charge in [-0.15, -0.1) is 0 Å². The number of benzene rings is 4. The molecule has 0 spiro atoms. The number of amides is 3. The number of carbonyl (C=O) groups excluding carboxylic acids is 3. The summed E-state index contributed by atoms with van der Waals surface area (Å²) in [4.78, 5) is 40.1. The van der Waals surface area contributed by atoms with Crippen molar-refractivity contribution in [1.82, 2.24) is 4.90 Å². The maximum atomic E-state index is 13.3. The lowest BCUT2D eigenvalue weighted by Crippen LogP contribution is -2.27. The molecular weight excluding hydrogens is 595 g/mol. The van der Waals surface area contributed by atoms with Crippen LogP contribution in [0.1, 0.15) is 23.6 Å². The molecule has 4 aromatic carbocycles. The van der Waals surface area contributed by atoms with Crippen LogP contribution in [0.4, 0.5) is 10.5 Å². The molecule has 1 saturated heterocycles. The molecule has 0 bridgehead atoms. The van der Waals surface area contributed by atoms with E-state index in [1.807, 2.05) is 49.4 Å². The average Bonchev–Trinajstić information content (AvgIpc) is 3.22. The third-order valence-corrected chi connectivity index (χ3v) is 8.11. The van der Waals surface area contributed by atoms with Crippen molar-refractivity contribution in [3.63, 3.8) is 0 Å². The van der Waals surface area contributed by atoms with Crippen molar-refractivity contribution in [3.05, 3.63) is 104 Å². The number of aryl methyl sites for hydroxylation is 1. The number of hydrogen-bond donors (Lipinski definition) is 1. The van der Waals surface area contributed by atoms with Crippen LogP contribution in [-0.4, -0.2) is 35.2 Å². The highest BCUT2D eigenvalue weighted by Gasteiger charge is 2.35. The summed E-state index contributed by atoms with van der Waals surface area (Å²) in [5.74, 6) is -0.299. The Bertz CT molecular complexity index is 1730. The highest BCUT2D eigenvalue weighted by Crippen LogP contribution is 2.39. The maximum absolute atomic E-state index is 13.3. The SMILES string of the molecule is CCOc1cc(/C=C2\SC(=O)N(Cc3cccc4ccccc34)C2=O)cc(Cl)c1OCC(=O)Nc1ccc(C)c(Cl)c1. The van der Waals surface area contributed by atoms with E-state index < -0.39 is 5.91 Å². The van der Waals surface area contributed by atoms with Crippen LogP contribution >= 0.6 is 35.0 Å². The molecule has 214 valence electrons. The Labute approximate surface area is 257 Å². The van der Waals surface area contributed by atoms with Gasteiger partial charge in [0.05, 0.1) is 23.1 Å². The second-order valence-electron chi connectivity index (χ2n) is 9.47. The van der Waals surface area contributed by atoms with E-state index >= 15 is 0 Å². The molecule has 0 saturated carbocycles. The van der Waals surface area contributed by atoms with Gasteiger partial charge in [-0.2, -0.15) is 0 Å². The van der Waals surface area contributed by atoms with E-state index in [4.69, 9.17) is 32.7 Å². The monoisotopic (exact) mass is 620 g/mol. The lowest BCUT2D eigenvalue weighted by molar-refractivity contribution is -0.123. The van der Waals surface area contributed by atoms with Crippen molar-refractivity contribution in [2.75, 3.05) is 18.5 Å². The number of hydrogen-bond acceptors (Lipinski definition) is 6. The molecule has 1 aliphatic rings. The number of nitrogens with zero attached hydrogens (tertiary/aromatic N) is 1. The van der Waals surface area contributed by atoms with Crippen LogP contribution in [-0.2, 0) is 16.1 Å². The normalized spacial score (nSPS) is 14.1. The van der Waals surface area contributed by atoms with Crippen molar-refractivity contribution < 1.29 is 23.9 Å². The van der Waals surface area contributed by atoms with Gasteiger partial charge >= 0.3 is 0 Å². The number of halogens is 2. The third-order valence-electron chi connectivity index (χ3n) is 6.51. The van der Waals surface area contributed by atoms with E-state index in [2.05, 4.69) is 5.32 Å². The van der Waals surface area contributed by atoms with Gasteiger partial charge in [0.15, 0.2) is 18.1 Å². The summed E-state index contributed by atoms with van der Waals surface area (Å²) < 4.78 is 11.5. The predicted octanol–water partition coefficient (Wildman–Crippen LogP) is 8.11. The number of imide groups is 1. The zero-order valence-corrected chi connectivity index (χ0v) is 25.1. The first kappa shape index (κ1) is 29.5. The Morgan fingerprint density at radius 2 is 1.76 bits per heavy atom. The van der Waals surface area contributed by atoms with E-state index in [1.165, 1.54) is 4.90 Å². The summed E-state index contributed by atoms with van der Waals surface area (Å²) in [5, 5.41) is 5.14. The molecule has 7 nitrogen and oxygen atoms in total. The van der Waals surface area contributed by atoms with Gasteiger partial charge in [0.1, 0.15) is 0 Å². The highest BCUT2D eigenvalue weighted by molar-refractivity contribution is 8.18. The first-order valence-corrected chi connectivity index (χ1v) is 14.7. The second-order valence-corrected chi connectivity index (χ2v) is 11.3. The van der Waals surface area contributed by atoms with Gasteiger partial charge < -0.3 is 14.8 Å². The van der Waals surface area contributed by atoms with Crippen molar-refractivity contribution in [3.8, 4) is 11.5 Å². The Kier molecular flexibility index (Phi) is 9.06. The fourth-order valence-electron chi connectivity index (χ4n) is 4.47. The molecule has 1 N–H and O–H groups in total. The molecular formula is C32H26Cl2N2O5S. The van der Waals surface area contributed by atoms with E-state index in [0.717, 1.165) is 33.7 Å². The minimum absolute atomic E-state index is 0.165. The third kappa shape index (κ3) is 6.57. The van der Waals surface area contributed by atoms with Gasteiger partial charge in [0, 0.05) is 10.7 Å². The predicted molar refractivity (Wildman–Crippen MR) is 168 cm³/mol. The lowest BCUT2D eigenvalue weighted by Gasteiger charge is -2.15. The van der Waals surface area contributed by atoms with E-state index in [1.54, 1.807) is 43.3 Å². The molecule has 0 unspecified atom stereocenters. The molecule has 0 aliphatic carbocycles. The Morgan fingerprint density at radius 3 is 2.55 bits per heavy atom. The van der Waals surface area contributed by atoms with Crippen LogP contribution in [0.5, 0.6) is 11.5 Å². The first-order valence-electron chi connectivity index (χ1n) is 13.1. The highest BCUT2D eigenvalue weighted by atomic mass is 35.5. The van der Waals surface area contributed by atoms with Crippen LogP contribution < -0.4 is 14.8 Å². The molecule has 42 heavy (non-hydrogen) atoms. The average molecular weight is 622 g/mol. The van der Waals surface area contributed by atoms with Gasteiger partial charge in [0.2, 0.25) is 0 Å². The molecule has 1 heterocycles. The van der Waals surface area contributed by atoms with E-state index in [0.29, 0.717) is 28.6 Å². The fourth-order valence-corrected chi connectivity index (χ4v) is 5.76. The molecule has 1 aliphatic heterocycles. The summed E-state index contributed by atoms with van der Waals surface area (Å²) >= 11 is 13.5. The topological polar surface area (TPSA) is 84.9 Å². The number of anilines is 1. The Hall–Kier alpha value is -3.98. The number of carbonyl (C=O) groups is 3. The van der Waals surface area contributed by atoms with Gasteiger partial charge in [-0.05, 0) is 83.4 Å². The number of ether oxygens (including phenoxy) is 2. The number of nitrogens with one attached hydrogen (secondary N) is 1. The molecule has 1 fully saturated rings. The molecule has 0 aromatic heterocycles. The smallest absolute Gasteiger partial charge is 0.293 e.